The highest BCUT2D eigenvalue weighted by atomic mass is 16.2. The summed E-state index contributed by atoms with van der Waals surface area (Å²) in [6, 6.07) is 26.8. The van der Waals surface area contributed by atoms with Crippen LogP contribution < -0.4 is 10.2 Å². The van der Waals surface area contributed by atoms with Crippen LogP contribution in [0.1, 0.15) is 22.2 Å². The summed E-state index contributed by atoms with van der Waals surface area (Å²) in [7, 11) is 0. The number of carbonyl (C=O) groups excluding carboxylic acids is 1. The predicted octanol–water partition coefficient (Wildman–Crippen LogP) is 4.04. The number of amides is 1. The first kappa shape index (κ1) is 16.3. The number of fused-ring (bicyclic) bond motifs is 1. The summed E-state index contributed by atoms with van der Waals surface area (Å²) in [5.74, 6) is -0.0696. The largest absolute Gasteiger partial charge is 0.359 e. The van der Waals surface area contributed by atoms with E-state index >= 15 is 0 Å². The lowest BCUT2D eigenvalue weighted by atomic mass is 10.1. The number of carbonyl (C=O) groups is 1. The fraction of sp³-hybridized carbons (Fsp3) is 0.0455. The third-order valence-electron chi connectivity index (χ3n) is 4.74. The maximum absolute atomic E-state index is 13.3. The minimum Gasteiger partial charge on any atom is -0.359 e. The van der Waals surface area contributed by atoms with Gasteiger partial charge in [0, 0.05) is 11.4 Å². The van der Waals surface area contributed by atoms with Crippen LogP contribution in [-0.2, 0) is 0 Å². The van der Waals surface area contributed by atoms with Crippen molar-refractivity contribution in [2.75, 3.05) is 10.2 Å². The third-order valence-corrected chi connectivity index (χ3v) is 4.74. The van der Waals surface area contributed by atoms with Gasteiger partial charge in [-0.2, -0.15) is 9.90 Å². The minimum atomic E-state index is -0.456. The maximum Gasteiger partial charge on any atom is 0.262 e. The lowest BCUT2D eigenvalue weighted by Gasteiger charge is -2.36. The molecule has 0 saturated carbocycles. The second kappa shape index (κ2) is 6.66. The van der Waals surface area contributed by atoms with Gasteiger partial charge in [0.05, 0.1) is 17.4 Å². The van der Waals surface area contributed by atoms with Gasteiger partial charge in [0.25, 0.3) is 5.91 Å². The smallest absolute Gasteiger partial charge is 0.262 e. The Kier molecular flexibility index (Phi) is 3.87. The Morgan fingerprint density at radius 2 is 1.43 bits per heavy atom. The van der Waals surface area contributed by atoms with Crippen molar-refractivity contribution in [2.24, 2.45) is 0 Å². The number of rotatable bonds is 3. The quantitative estimate of drug-likeness (QED) is 0.594. The lowest BCUT2D eigenvalue weighted by Crippen LogP contribution is -2.43. The summed E-state index contributed by atoms with van der Waals surface area (Å²) in [6.07, 6.45) is 1.24. The van der Waals surface area contributed by atoms with Gasteiger partial charge in [-0.25, -0.2) is 0 Å². The van der Waals surface area contributed by atoms with E-state index in [0.29, 0.717) is 11.3 Å². The first-order valence-corrected chi connectivity index (χ1v) is 9.03. The van der Waals surface area contributed by atoms with Gasteiger partial charge < -0.3 is 5.32 Å². The molecule has 0 radical (unpaired) electrons. The van der Waals surface area contributed by atoms with Crippen molar-refractivity contribution in [1.29, 1.82) is 0 Å². The molecule has 0 bridgehead atoms. The van der Waals surface area contributed by atoms with Gasteiger partial charge in [-0.15, -0.1) is 5.10 Å². The Morgan fingerprint density at radius 3 is 2.18 bits per heavy atom. The second-order valence-electron chi connectivity index (χ2n) is 6.50. The zero-order valence-electron chi connectivity index (χ0n) is 14.9. The van der Waals surface area contributed by atoms with Crippen LogP contribution in [0.4, 0.5) is 11.4 Å². The molecule has 4 aromatic rings. The summed E-state index contributed by atoms with van der Waals surface area (Å²) in [5.41, 5.74) is 3.75. The molecule has 28 heavy (non-hydrogen) atoms. The molecule has 0 fully saturated rings. The number of hydrogen-bond acceptors (Lipinski definition) is 4. The van der Waals surface area contributed by atoms with E-state index in [4.69, 9.17) is 0 Å². The third kappa shape index (κ3) is 2.72. The molecule has 0 saturated heterocycles. The topological polar surface area (TPSA) is 63.1 Å². The molecule has 5 rings (SSSR count). The molecule has 3 aromatic carbocycles. The van der Waals surface area contributed by atoms with Crippen molar-refractivity contribution >= 4 is 17.3 Å². The van der Waals surface area contributed by atoms with Gasteiger partial charge in [-0.05, 0) is 36.4 Å². The van der Waals surface area contributed by atoms with Gasteiger partial charge in [0.15, 0.2) is 6.17 Å². The van der Waals surface area contributed by atoms with E-state index in [-0.39, 0.29) is 5.91 Å². The Hall–Kier alpha value is -3.93. The molecule has 6 heteroatoms. The zero-order valence-corrected chi connectivity index (χ0v) is 14.9. The van der Waals surface area contributed by atoms with Gasteiger partial charge in [0.2, 0.25) is 0 Å². The van der Waals surface area contributed by atoms with E-state index in [1.807, 2.05) is 84.9 Å². The Morgan fingerprint density at radius 1 is 0.786 bits per heavy atom. The van der Waals surface area contributed by atoms with Gasteiger partial charge in [-0.1, -0.05) is 48.5 Å². The summed E-state index contributed by atoms with van der Waals surface area (Å²) in [4.78, 5) is 16.6. The molecule has 2 heterocycles. The van der Waals surface area contributed by atoms with Crippen LogP contribution in [-0.4, -0.2) is 20.9 Å². The molecule has 1 aliphatic heterocycles. The molecule has 0 unspecified atom stereocenters. The first-order chi connectivity index (χ1) is 13.8. The van der Waals surface area contributed by atoms with Crippen LogP contribution >= 0.6 is 0 Å². The number of nitrogens with one attached hydrogen (secondary N) is 1. The van der Waals surface area contributed by atoms with Crippen LogP contribution in [0.2, 0.25) is 0 Å². The summed E-state index contributed by atoms with van der Waals surface area (Å²) >= 11 is 0. The average Bonchev–Trinajstić information content (AvgIpc) is 3.25. The number of para-hydroxylation sites is 3. The summed E-state index contributed by atoms with van der Waals surface area (Å²) in [6.45, 7) is 0. The molecule has 136 valence electrons. The van der Waals surface area contributed by atoms with E-state index in [2.05, 4.69) is 15.5 Å². The average molecular weight is 367 g/mol. The molecule has 1 N–H and O–H groups in total. The molecule has 0 aliphatic carbocycles. The van der Waals surface area contributed by atoms with E-state index in [1.54, 1.807) is 15.9 Å². The van der Waals surface area contributed by atoms with E-state index < -0.39 is 6.17 Å². The molecule has 1 aromatic heterocycles. The van der Waals surface area contributed by atoms with Crippen molar-refractivity contribution in [3.63, 3.8) is 0 Å². The SMILES string of the molecule is O=C1c2ccccc2N[C@H](c2cnn(-c3ccccc3)n2)N1c1ccccc1. The predicted molar refractivity (Wildman–Crippen MR) is 107 cm³/mol. The first-order valence-electron chi connectivity index (χ1n) is 9.03. The minimum absolute atomic E-state index is 0.0696. The van der Waals surface area contributed by atoms with Crippen LogP contribution in [0.25, 0.3) is 5.69 Å². The van der Waals surface area contributed by atoms with Crippen molar-refractivity contribution < 1.29 is 4.79 Å². The number of benzene rings is 3. The standard InChI is InChI=1S/C22H17N5O/c28-22-18-13-7-8-14-19(18)24-21(26(22)16-9-3-1-4-10-16)20-15-23-27(25-20)17-11-5-2-6-12-17/h1-15,21,24H/t21-/m0/s1. The highest BCUT2D eigenvalue weighted by Gasteiger charge is 2.35. The number of hydrogen-bond donors (Lipinski definition) is 1. The summed E-state index contributed by atoms with van der Waals surface area (Å²) < 4.78 is 0. The van der Waals surface area contributed by atoms with Gasteiger partial charge >= 0.3 is 0 Å². The molecule has 1 aliphatic rings. The Bertz CT molecular complexity index is 1120. The number of anilines is 2. The highest BCUT2D eigenvalue weighted by molar-refractivity contribution is 6.12. The zero-order chi connectivity index (χ0) is 18.9. The molecular formula is C22H17N5O. The normalized spacial score (nSPS) is 15.8. The van der Waals surface area contributed by atoms with Crippen molar-refractivity contribution in [1.82, 2.24) is 15.0 Å². The molecule has 1 amide bonds. The van der Waals surface area contributed by atoms with Crippen LogP contribution in [0.15, 0.2) is 91.1 Å². The number of aromatic nitrogens is 3. The monoisotopic (exact) mass is 367 g/mol. The van der Waals surface area contributed by atoms with Gasteiger partial charge in [0.1, 0.15) is 5.69 Å². The lowest BCUT2D eigenvalue weighted by molar-refractivity contribution is 0.0974. The second-order valence-corrected chi connectivity index (χ2v) is 6.50. The fourth-order valence-corrected chi connectivity index (χ4v) is 3.40. The van der Waals surface area contributed by atoms with E-state index in [0.717, 1.165) is 17.1 Å². The van der Waals surface area contributed by atoms with E-state index in [9.17, 15) is 4.79 Å². The molecular weight excluding hydrogens is 350 g/mol. The summed E-state index contributed by atoms with van der Waals surface area (Å²) in [5, 5.41) is 12.5. The maximum atomic E-state index is 13.3. The molecule has 0 spiro atoms. The molecule has 1 atom stereocenters. The molecule has 6 nitrogen and oxygen atoms in total. The number of nitrogens with zero attached hydrogens (tertiary/aromatic N) is 4. The van der Waals surface area contributed by atoms with Crippen LogP contribution in [0.5, 0.6) is 0 Å². The van der Waals surface area contributed by atoms with Crippen LogP contribution in [0.3, 0.4) is 0 Å². The van der Waals surface area contributed by atoms with E-state index in [1.165, 1.54) is 0 Å². The van der Waals surface area contributed by atoms with Crippen molar-refractivity contribution in [2.45, 2.75) is 6.17 Å². The highest BCUT2D eigenvalue weighted by Crippen LogP contribution is 2.35. The van der Waals surface area contributed by atoms with Crippen molar-refractivity contribution in [3.05, 3.63) is 102 Å². The van der Waals surface area contributed by atoms with Gasteiger partial charge in [-0.3, -0.25) is 9.69 Å². The van der Waals surface area contributed by atoms with Crippen LogP contribution in [0, 0.1) is 0 Å². The Balaban J connectivity index is 1.60. The van der Waals surface area contributed by atoms with Crippen molar-refractivity contribution in [3.8, 4) is 5.69 Å². The fourth-order valence-electron chi connectivity index (χ4n) is 3.40. The Labute approximate surface area is 162 Å².